The van der Waals surface area contributed by atoms with Gasteiger partial charge in [-0.25, -0.2) is 4.98 Å². The molecule has 0 spiro atoms. The fourth-order valence-corrected chi connectivity index (χ4v) is 6.04. The Morgan fingerprint density at radius 1 is 1.10 bits per heavy atom. The molecule has 2 aromatic carbocycles. The highest BCUT2D eigenvalue weighted by atomic mass is 32.1. The zero-order valence-electron chi connectivity index (χ0n) is 23.0. The number of amides is 3. The summed E-state index contributed by atoms with van der Waals surface area (Å²) >= 11 is 1.26. The van der Waals surface area contributed by atoms with E-state index in [1.807, 2.05) is 70.2 Å². The molecule has 40 heavy (non-hydrogen) atoms. The second-order valence-corrected chi connectivity index (χ2v) is 12.4. The Morgan fingerprint density at radius 3 is 2.55 bits per heavy atom. The number of para-hydroxylation sites is 1. The third-order valence-electron chi connectivity index (χ3n) is 7.35. The minimum atomic E-state index is -0.973. The number of Topliss-reactive ketones (excluding diaryl/α,β-unsaturated/α-hetero) is 1. The third kappa shape index (κ3) is 5.62. The van der Waals surface area contributed by atoms with E-state index in [2.05, 4.69) is 25.9 Å². The van der Waals surface area contributed by atoms with Crippen LogP contribution in [-0.4, -0.2) is 52.1 Å². The van der Waals surface area contributed by atoms with Crippen LogP contribution < -0.4 is 16.0 Å². The van der Waals surface area contributed by atoms with Crippen LogP contribution in [-0.2, 0) is 9.59 Å². The van der Waals surface area contributed by atoms with Crippen LogP contribution >= 0.6 is 11.3 Å². The van der Waals surface area contributed by atoms with Gasteiger partial charge in [0.1, 0.15) is 11.7 Å². The number of aromatic nitrogens is 2. The second kappa shape index (κ2) is 10.8. The number of H-pyrrole nitrogens is 1. The predicted molar refractivity (Wildman–Crippen MR) is 155 cm³/mol. The van der Waals surface area contributed by atoms with Crippen molar-refractivity contribution in [2.75, 3.05) is 6.54 Å². The largest absolute Gasteiger partial charge is 0.356 e. The lowest BCUT2D eigenvalue weighted by atomic mass is 9.85. The Kier molecular flexibility index (Phi) is 7.46. The first-order valence-electron chi connectivity index (χ1n) is 13.4. The first kappa shape index (κ1) is 27.5. The van der Waals surface area contributed by atoms with Crippen LogP contribution in [0.4, 0.5) is 0 Å². The molecular formula is C30H33N5O4S. The molecule has 0 radical (unpaired) electrons. The lowest BCUT2D eigenvalue weighted by Gasteiger charge is -2.32. The highest BCUT2D eigenvalue weighted by Crippen LogP contribution is 2.27. The molecule has 3 atom stereocenters. The van der Waals surface area contributed by atoms with Gasteiger partial charge in [-0.1, -0.05) is 45.0 Å². The number of carbonyl (C=O) groups excluding carboxylic acids is 4. The van der Waals surface area contributed by atoms with Crippen LogP contribution in [0.1, 0.15) is 59.5 Å². The molecule has 1 aliphatic heterocycles. The summed E-state index contributed by atoms with van der Waals surface area (Å²) in [6.45, 7) is 8.05. The van der Waals surface area contributed by atoms with Crippen molar-refractivity contribution in [1.82, 2.24) is 25.9 Å². The molecule has 5 rings (SSSR count). The Labute approximate surface area is 236 Å². The summed E-state index contributed by atoms with van der Waals surface area (Å²) in [4.78, 5) is 60.7. The van der Waals surface area contributed by atoms with Crippen LogP contribution in [0.15, 0.2) is 48.5 Å². The number of hydrogen-bond donors (Lipinski definition) is 4. The number of benzene rings is 2. The van der Waals surface area contributed by atoms with E-state index >= 15 is 0 Å². The molecule has 208 valence electrons. The highest BCUT2D eigenvalue weighted by molar-refractivity contribution is 7.20. The van der Waals surface area contributed by atoms with Crippen LogP contribution in [0, 0.1) is 18.3 Å². The van der Waals surface area contributed by atoms with Gasteiger partial charge in [-0.3, -0.25) is 19.2 Å². The number of rotatable bonds is 8. The van der Waals surface area contributed by atoms with E-state index in [-0.39, 0.29) is 23.1 Å². The van der Waals surface area contributed by atoms with Gasteiger partial charge in [0, 0.05) is 23.4 Å². The van der Waals surface area contributed by atoms with Crippen molar-refractivity contribution in [1.29, 1.82) is 0 Å². The van der Waals surface area contributed by atoms with E-state index < -0.39 is 35.2 Å². The van der Waals surface area contributed by atoms with Gasteiger partial charge in [-0.15, -0.1) is 11.3 Å². The van der Waals surface area contributed by atoms with Crippen LogP contribution in [0.3, 0.4) is 0 Å². The highest BCUT2D eigenvalue weighted by Gasteiger charge is 2.38. The van der Waals surface area contributed by atoms with Crippen molar-refractivity contribution in [3.8, 4) is 0 Å². The number of aryl methyl sites for hydroxylation is 1. The summed E-state index contributed by atoms with van der Waals surface area (Å²) in [6.07, 6.45) is 0.732. The molecule has 3 amide bonds. The summed E-state index contributed by atoms with van der Waals surface area (Å²) in [7, 11) is 0. The van der Waals surface area contributed by atoms with Gasteiger partial charge in [0.25, 0.3) is 5.91 Å². The number of fused-ring (bicyclic) bond motifs is 2. The van der Waals surface area contributed by atoms with Gasteiger partial charge in [0.15, 0.2) is 5.01 Å². The zero-order chi connectivity index (χ0) is 28.6. The fourth-order valence-electron chi connectivity index (χ4n) is 5.08. The molecular weight excluding hydrogens is 526 g/mol. The van der Waals surface area contributed by atoms with E-state index in [4.69, 9.17) is 0 Å². The van der Waals surface area contributed by atoms with Crippen molar-refractivity contribution < 1.29 is 19.2 Å². The van der Waals surface area contributed by atoms with Gasteiger partial charge in [-0.2, -0.15) is 0 Å². The normalized spacial score (nSPS) is 17.0. The number of nitrogens with one attached hydrogen (secondary N) is 4. The molecule has 3 heterocycles. The van der Waals surface area contributed by atoms with E-state index in [0.717, 1.165) is 21.2 Å². The minimum absolute atomic E-state index is 0.133. The zero-order valence-corrected chi connectivity index (χ0v) is 23.8. The third-order valence-corrected chi connectivity index (χ3v) is 8.40. The fraction of sp³-hybridized carbons (Fsp3) is 0.367. The molecule has 9 nitrogen and oxygen atoms in total. The monoisotopic (exact) mass is 559 g/mol. The maximum absolute atomic E-state index is 13.8. The first-order valence-corrected chi connectivity index (χ1v) is 14.2. The van der Waals surface area contributed by atoms with Crippen molar-refractivity contribution in [3.63, 3.8) is 0 Å². The molecule has 4 aromatic rings. The Bertz CT molecular complexity index is 1580. The Hall–Kier alpha value is -4.05. The summed E-state index contributed by atoms with van der Waals surface area (Å²) in [5.74, 6) is -1.80. The maximum Gasteiger partial charge on any atom is 0.268 e. The Morgan fingerprint density at radius 2 is 1.88 bits per heavy atom. The molecule has 0 aliphatic carbocycles. The minimum Gasteiger partial charge on any atom is -0.356 e. The predicted octanol–water partition coefficient (Wildman–Crippen LogP) is 4.12. The maximum atomic E-state index is 13.8. The first-order chi connectivity index (χ1) is 19.0. The molecule has 4 N–H and O–H groups in total. The number of ketones is 1. The number of carbonyl (C=O) groups is 4. The SMILES string of the molecule is Cc1cccc2[nH]c(C(=O)N[C@H](C(=O)N[C@@H](C[C@@H]3CCNC3=O)C(=O)c3nc4ccccc4s3)C(C)(C)C)cc12. The van der Waals surface area contributed by atoms with Gasteiger partial charge < -0.3 is 20.9 Å². The average Bonchev–Trinajstić information content (AvgIpc) is 3.64. The molecule has 0 bridgehead atoms. The standard InChI is InChI=1S/C30H33N5O4S/c1-16-8-7-10-19-18(16)15-22(32-19)27(38)35-25(30(2,3)4)28(39)33-21(14-17-12-13-31-26(17)37)24(36)29-34-20-9-5-6-11-23(20)40-29/h5-11,15,17,21,25,32H,12-14H2,1-4H3,(H,31,37)(H,33,39)(H,35,38)/t17-,21-,25+/m0/s1. The topological polar surface area (TPSA) is 133 Å². The van der Waals surface area contributed by atoms with E-state index in [9.17, 15) is 19.2 Å². The number of hydrogen-bond acceptors (Lipinski definition) is 6. The summed E-state index contributed by atoms with van der Waals surface area (Å²) in [5.41, 5.74) is 2.24. The lowest BCUT2D eigenvalue weighted by molar-refractivity contribution is -0.127. The molecule has 0 saturated carbocycles. The van der Waals surface area contributed by atoms with Gasteiger partial charge in [0.2, 0.25) is 17.6 Å². The van der Waals surface area contributed by atoms with E-state index in [0.29, 0.717) is 24.2 Å². The number of nitrogens with zero attached hydrogens (tertiary/aromatic N) is 1. The number of thiazole rings is 1. The number of aromatic amines is 1. The smallest absolute Gasteiger partial charge is 0.268 e. The van der Waals surface area contributed by atoms with Gasteiger partial charge in [-0.05, 0) is 55.0 Å². The van der Waals surface area contributed by atoms with Gasteiger partial charge in [0.05, 0.1) is 16.3 Å². The second-order valence-electron chi connectivity index (χ2n) is 11.4. The molecule has 1 fully saturated rings. The quantitative estimate of drug-likeness (QED) is 0.241. The summed E-state index contributed by atoms with van der Waals surface area (Å²) < 4.78 is 0.864. The van der Waals surface area contributed by atoms with Crippen molar-refractivity contribution >= 4 is 56.0 Å². The van der Waals surface area contributed by atoms with Crippen LogP contribution in [0.25, 0.3) is 21.1 Å². The van der Waals surface area contributed by atoms with Crippen molar-refractivity contribution in [2.24, 2.45) is 11.3 Å². The van der Waals surface area contributed by atoms with Crippen LogP contribution in [0.5, 0.6) is 0 Å². The summed E-state index contributed by atoms with van der Waals surface area (Å²) in [5, 5.41) is 9.76. The molecule has 1 saturated heterocycles. The molecule has 2 aromatic heterocycles. The summed E-state index contributed by atoms with van der Waals surface area (Å²) in [6, 6.07) is 13.1. The van der Waals surface area contributed by atoms with E-state index in [1.54, 1.807) is 6.07 Å². The lowest BCUT2D eigenvalue weighted by Crippen LogP contribution is -2.57. The van der Waals surface area contributed by atoms with Crippen LogP contribution in [0.2, 0.25) is 0 Å². The van der Waals surface area contributed by atoms with Crippen molar-refractivity contribution in [3.05, 3.63) is 64.8 Å². The Balaban J connectivity index is 1.40. The van der Waals surface area contributed by atoms with E-state index in [1.165, 1.54) is 11.3 Å². The average molecular weight is 560 g/mol. The van der Waals surface area contributed by atoms with Gasteiger partial charge >= 0.3 is 0 Å². The molecule has 1 aliphatic rings. The molecule has 0 unspecified atom stereocenters. The molecule has 10 heteroatoms. The van der Waals surface area contributed by atoms with Crippen molar-refractivity contribution in [2.45, 2.75) is 52.6 Å².